The van der Waals surface area contributed by atoms with Crippen molar-refractivity contribution in [1.29, 1.82) is 0 Å². The summed E-state index contributed by atoms with van der Waals surface area (Å²) < 4.78 is 4.64. The second kappa shape index (κ2) is 6.76. The highest BCUT2D eigenvalue weighted by Crippen LogP contribution is 2.36. The Labute approximate surface area is 141 Å². The number of hydrogen-bond acceptors (Lipinski definition) is 5. The summed E-state index contributed by atoms with van der Waals surface area (Å²) in [5, 5.41) is 9.75. The van der Waals surface area contributed by atoms with E-state index in [1.54, 1.807) is 4.90 Å². The SMILES string of the molecule is COC(=O)c1cc(O)cc(C(=O)N2C[C@H]3CC[C@@H](C2)C3N)c1.Cl. The van der Waals surface area contributed by atoms with Crippen LogP contribution < -0.4 is 5.73 Å². The number of amides is 1. The van der Waals surface area contributed by atoms with Gasteiger partial charge in [0.15, 0.2) is 0 Å². The van der Waals surface area contributed by atoms with Crippen molar-refractivity contribution in [2.45, 2.75) is 18.9 Å². The van der Waals surface area contributed by atoms with Crippen LogP contribution in [0.3, 0.4) is 0 Å². The predicted molar refractivity (Wildman–Crippen MR) is 86.8 cm³/mol. The molecular formula is C16H21ClN2O4. The normalized spacial score (nSPS) is 25.7. The zero-order valence-corrected chi connectivity index (χ0v) is 13.7. The number of likely N-dealkylation sites (tertiary alicyclic amines) is 1. The molecule has 23 heavy (non-hydrogen) atoms. The summed E-state index contributed by atoms with van der Waals surface area (Å²) in [4.78, 5) is 26.0. The third kappa shape index (κ3) is 3.28. The number of rotatable bonds is 2. The summed E-state index contributed by atoms with van der Waals surface area (Å²) >= 11 is 0. The minimum Gasteiger partial charge on any atom is -0.508 e. The van der Waals surface area contributed by atoms with Crippen LogP contribution in [0.1, 0.15) is 33.6 Å². The van der Waals surface area contributed by atoms with Gasteiger partial charge in [-0.3, -0.25) is 4.79 Å². The van der Waals surface area contributed by atoms with E-state index in [1.165, 1.54) is 25.3 Å². The molecule has 0 spiro atoms. The molecule has 1 aliphatic carbocycles. The Morgan fingerprint density at radius 1 is 1.17 bits per heavy atom. The molecule has 1 saturated heterocycles. The maximum Gasteiger partial charge on any atom is 0.338 e. The van der Waals surface area contributed by atoms with Gasteiger partial charge in [-0.25, -0.2) is 4.79 Å². The number of fused-ring (bicyclic) bond motifs is 2. The molecule has 0 radical (unpaired) electrons. The van der Waals surface area contributed by atoms with Crippen LogP contribution >= 0.6 is 12.4 Å². The van der Waals surface area contributed by atoms with Gasteiger partial charge in [-0.1, -0.05) is 0 Å². The Kier molecular flexibility index (Phi) is 5.16. The monoisotopic (exact) mass is 340 g/mol. The van der Waals surface area contributed by atoms with Gasteiger partial charge in [-0.2, -0.15) is 0 Å². The zero-order valence-electron chi connectivity index (χ0n) is 12.9. The molecule has 1 aromatic carbocycles. The van der Waals surface area contributed by atoms with Gasteiger partial charge in [-0.05, 0) is 42.9 Å². The Bertz CT molecular complexity index is 608. The first-order valence-electron chi connectivity index (χ1n) is 7.47. The Balaban J connectivity index is 0.00000192. The first kappa shape index (κ1) is 17.6. The standard InChI is InChI=1S/C16H20N2O4.ClH/c1-22-16(21)12-4-11(5-13(19)6-12)15(20)18-7-9-2-3-10(8-18)14(9)17;/h4-6,9-10,14,19H,2-3,7-8,17H2,1H3;1H/t9-,10+,14?;. The Hall–Kier alpha value is -1.79. The first-order chi connectivity index (χ1) is 10.5. The lowest BCUT2D eigenvalue weighted by Crippen LogP contribution is -2.50. The van der Waals surface area contributed by atoms with Crippen molar-refractivity contribution in [1.82, 2.24) is 4.90 Å². The van der Waals surface area contributed by atoms with Crippen molar-refractivity contribution in [2.75, 3.05) is 20.2 Å². The number of phenolic OH excluding ortho intramolecular Hbond substituents is 1. The number of carbonyl (C=O) groups is 2. The lowest BCUT2D eigenvalue weighted by Gasteiger charge is -2.36. The van der Waals surface area contributed by atoms with E-state index in [2.05, 4.69) is 4.74 Å². The third-order valence-corrected chi connectivity index (χ3v) is 4.78. The van der Waals surface area contributed by atoms with Crippen LogP contribution in [0.4, 0.5) is 0 Å². The molecule has 3 atom stereocenters. The minimum atomic E-state index is -0.578. The highest BCUT2D eigenvalue weighted by Gasteiger charge is 2.41. The van der Waals surface area contributed by atoms with E-state index in [9.17, 15) is 14.7 Å². The van der Waals surface area contributed by atoms with Gasteiger partial charge < -0.3 is 20.5 Å². The molecule has 2 bridgehead atoms. The molecule has 3 N–H and O–H groups in total. The van der Waals surface area contributed by atoms with E-state index in [0.29, 0.717) is 30.5 Å². The third-order valence-electron chi connectivity index (χ3n) is 4.78. The fraction of sp³-hybridized carbons (Fsp3) is 0.500. The van der Waals surface area contributed by atoms with Crippen molar-refractivity contribution in [2.24, 2.45) is 17.6 Å². The fourth-order valence-electron chi connectivity index (χ4n) is 3.58. The average Bonchev–Trinajstić information content (AvgIpc) is 2.74. The highest BCUT2D eigenvalue weighted by atomic mass is 35.5. The second-order valence-electron chi connectivity index (χ2n) is 6.15. The molecule has 6 nitrogen and oxygen atoms in total. The van der Waals surface area contributed by atoms with Crippen LogP contribution in [-0.4, -0.2) is 48.1 Å². The van der Waals surface area contributed by atoms with Gasteiger partial charge in [-0.15, -0.1) is 12.4 Å². The fourth-order valence-corrected chi connectivity index (χ4v) is 3.58. The van der Waals surface area contributed by atoms with Crippen molar-refractivity contribution in [3.05, 3.63) is 29.3 Å². The van der Waals surface area contributed by atoms with Crippen LogP contribution in [0.25, 0.3) is 0 Å². The van der Waals surface area contributed by atoms with Gasteiger partial charge >= 0.3 is 5.97 Å². The number of phenols is 1. The maximum absolute atomic E-state index is 12.7. The number of halogens is 1. The zero-order chi connectivity index (χ0) is 15.9. The van der Waals surface area contributed by atoms with E-state index < -0.39 is 5.97 Å². The summed E-state index contributed by atoms with van der Waals surface area (Å²) in [6.45, 7) is 1.28. The number of hydrogen-bond donors (Lipinski definition) is 2. The van der Waals surface area contributed by atoms with Gasteiger partial charge in [0.05, 0.1) is 12.7 Å². The molecular weight excluding hydrogens is 320 g/mol. The number of piperidine rings is 1. The van der Waals surface area contributed by atoms with Crippen molar-refractivity contribution >= 4 is 24.3 Å². The Morgan fingerprint density at radius 2 is 1.74 bits per heavy atom. The molecule has 2 aliphatic rings. The van der Waals surface area contributed by atoms with Crippen LogP contribution in [-0.2, 0) is 4.74 Å². The first-order valence-corrected chi connectivity index (χ1v) is 7.47. The lowest BCUT2D eigenvalue weighted by atomic mass is 9.92. The van der Waals surface area contributed by atoms with E-state index >= 15 is 0 Å². The molecule has 2 fully saturated rings. The summed E-state index contributed by atoms with van der Waals surface area (Å²) in [6, 6.07) is 4.31. The molecule has 1 aliphatic heterocycles. The lowest BCUT2D eigenvalue weighted by molar-refractivity contribution is 0.0600. The van der Waals surface area contributed by atoms with E-state index in [0.717, 1.165) is 12.8 Å². The number of methoxy groups -OCH3 is 1. The van der Waals surface area contributed by atoms with Gasteiger partial charge in [0.2, 0.25) is 0 Å². The van der Waals surface area contributed by atoms with E-state index in [-0.39, 0.29) is 35.7 Å². The van der Waals surface area contributed by atoms with E-state index in [4.69, 9.17) is 5.73 Å². The molecule has 1 heterocycles. The van der Waals surface area contributed by atoms with Gasteiger partial charge in [0.25, 0.3) is 5.91 Å². The second-order valence-corrected chi connectivity index (χ2v) is 6.15. The highest BCUT2D eigenvalue weighted by molar-refractivity contribution is 5.98. The molecule has 3 rings (SSSR count). The molecule has 126 valence electrons. The van der Waals surface area contributed by atoms with Crippen LogP contribution in [0.2, 0.25) is 0 Å². The molecule has 1 amide bonds. The maximum atomic E-state index is 12.7. The quantitative estimate of drug-likeness (QED) is 0.794. The number of benzene rings is 1. The molecule has 1 unspecified atom stereocenters. The summed E-state index contributed by atoms with van der Waals surface area (Å²) in [5.74, 6) is -0.182. The van der Waals surface area contributed by atoms with Gasteiger partial charge in [0, 0.05) is 24.7 Å². The predicted octanol–water partition coefficient (Wildman–Crippen LogP) is 1.41. The smallest absolute Gasteiger partial charge is 0.338 e. The number of carbonyl (C=O) groups excluding carboxylic acids is 2. The topological polar surface area (TPSA) is 92.9 Å². The largest absolute Gasteiger partial charge is 0.508 e. The van der Waals surface area contributed by atoms with Crippen LogP contribution in [0, 0.1) is 11.8 Å². The Morgan fingerprint density at radius 3 is 2.30 bits per heavy atom. The summed E-state index contributed by atoms with van der Waals surface area (Å²) in [5.41, 5.74) is 6.62. The summed E-state index contributed by atoms with van der Waals surface area (Å²) in [7, 11) is 1.26. The number of aromatic hydroxyl groups is 1. The minimum absolute atomic E-state index is 0. The van der Waals surface area contributed by atoms with Crippen molar-refractivity contribution in [3.8, 4) is 5.75 Å². The molecule has 1 saturated carbocycles. The molecule has 7 heteroatoms. The van der Waals surface area contributed by atoms with Crippen LogP contribution in [0.15, 0.2) is 18.2 Å². The number of esters is 1. The average molecular weight is 341 g/mol. The molecule has 0 aromatic heterocycles. The van der Waals surface area contributed by atoms with Crippen LogP contribution in [0.5, 0.6) is 5.75 Å². The number of ether oxygens (including phenoxy) is 1. The van der Waals surface area contributed by atoms with Crippen molar-refractivity contribution in [3.63, 3.8) is 0 Å². The number of nitrogens with zero attached hydrogens (tertiary/aromatic N) is 1. The summed E-state index contributed by atoms with van der Waals surface area (Å²) in [6.07, 6.45) is 2.12. The van der Waals surface area contributed by atoms with Crippen molar-refractivity contribution < 1.29 is 19.4 Å². The number of nitrogens with two attached hydrogens (primary N) is 1. The van der Waals surface area contributed by atoms with E-state index in [1.807, 2.05) is 0 Å². The molecule has 1 aromatic rings. The van der Waals surface area contributed by atoms with Gasteiger partial charge in [0.1, 0.15) is 5.75 Å².